The molecule has 4 N–H and O–H groups in total. The maximum absolute atomic E-state index is 14.5. The number of rotatable bonds is 11. The van der Waals surface area contributed by atoms with Crippen molar-refractivity contribution in [3.05, 3.63) is 94.4 Å². The minimum atomic E-state index is -4.94. The smallest absolute Gasteiger partial charge is 0.380 e. The standard InChI is InChI=1S/C35H40F4N4O3/c1-20(2)30(31(40)44)42-32(45)24-8-7-9-26(16-24)43-29-15-21(3)14-23(27(29)18-41-43)12-13-34(46,35(37,38)39)19-33(5,6)28-17-25(36)11-10-22(28)4/h7-11,14-18,20,30,46H,12-13,19H2,1-6H3,(H2,40,44)(H,42,45)/t30-,34?/m0/s1. The lowest BCUT2D eigenvalue weighted by molar-refractivity contribution is -0.269. The van der Waals surface area contributed by atoms with E-state index in [0.29, 0.717) is 33.3 Å². The van der Waals surface area contributed by atoms with Gasteiger partial charge in [0.25, 0.3) is 5.91 Å². The van der Waals surface area contributed by atoms with Gasteiger partial charge in [0, 0.05) is 10.9 Å². The highest BCUT2D eigenvalue weighted by molar-refractivity contribution is 5.98. The number of aliphatic hydroxyl groups is 1. The second-order valence-electron chi connectivity index (χ2n) is 13.1. The van der Waals surface area contributed by atoms with Gasteiger partial charge in [-0.15, -0.1) is 0 Å². The molecule has 1 aromatic heterocycles. The first-order valence-corrected chi connectivity index (χ1v) is 15.1. The van der Waals surface area contributed by atoms with Crippen LogP contribution in [0.25, 0.3) is 16.6 Å². The second kappa shape index (κ2) is 12.9. The number of carbonyl (C=O) groups excluding carboxylic acids is 2. The molecule has 4 rings (SSSR count). The summed E-state index contributed by atoms with van der Waals surface area (Å²) < 4.78 is 59.2. The SMILES string of the molecule is Cc1cc(CCC(O)(CC(C)(C)c2cc(F)ccc2C)C(F)(F)F)c2cnn(-c3cccc(C(=O)N[C@H](C(N)=O)C(C)C)c3)c2c1. The van der Waals surface area contributed by atoms with Gasteiger partial charge in [-0.1, -0.05) is 45.9 Å². The number of carbonyl (C=O) groups is 2. The Hall–Kier alpha value is -4.25. The molecule has 246 valence electrons. The maximum atomic E-state index is 14.5. The molecule has 0 bridgehead atoms. The molecule has 0 spiro atoms. The van der Waals surface area contributed by atoms with Crippen molar-refractivity contribution in [1.82, 2.24) is 15.1 Å². The quantitative estimate of drug-likeness (QED) is 0.160. The van der Waals surface area contributed by atoms with E-state index in [0.717, 1.165) is 5.56 Å². The van der Waals surface area contributed by atoms with Crippen LogP contribution in [0.15, 0.2) is 60.8 Å². The van der Waals surface area contributed by atoms with Crippen LogP contribution in [0, 0.1) is 25.6 Å². The Labute approximate surface area is 265 Å². The van der Waals surface area contributed by atoms with Crippen LogP contribution in [0.3, 0.4) is 0 Å². The minimum absolute atomic E-state index is 0.107. The number of aromatic nitrogens is 2. The molecule has 3 aromatic carbocycles. The summed E-state index contributed by atoms with van der Waals surface area (Å²) in [7, 11) is 0. The third kappa shape index (κ3) is 7.25. The summed E-state index contributed by atoms with van der Waals surface area (Å²) >= 11 is 0. The Morgan fingerprint density at radius 1 is 1.04 bits per heavy atom. The third-order valence-corrected chi connectivity index (χ3v) is 8.53. The highest BCUT2D eigenvalue weighted by Gasteiger charge is 2.55. The first kappa shape index (κ1) is 34.6. The predicted molar refractivity (Wildman–Crippen MR) is 169 cm³/mol. The summed E-state index contributed by atoms with van der Waals surface area (Å²) in [6, 6.07) is 13.3. The number of aryl methyl sites for hydroxylation is 3. The van der Waals surface area contributed by atoms with E-state index in [9.17, 15) is 32.3 Å². The fourth-order valence-corrected chi connectivity index (χ4v) is 6.16. The van der Waals surface area contributed by atoms with E-state index in [1.807, 2.05) is 13.0 Å². The topological polar surface area (TPSA) is 110 Å². The van der Waals surface area contributed by atoms with E-state index in [4.69, 9.17) is 5.73 Å². The summed E-state index contributed by atoms with van der Waals surface area (Å²) in [5.74, 6) is -1.91. The molecular formula is C35H40F4N4O3. The van der Waals surface area contributed by atoms with Crippen molar-refractivity contribution in [2.24, 2.45) is 11.7 Å². The van der Waals surface area contributed by atoms with Crippen LogP contribution in [0.1, 0.15) is 73.1 Å². The molecule has 0 saturated heterocycles. The van der Waals surface area contributed by atoms with Crippen LogP contribution in [-0.4, -0.2) is 44.5 Å². The van der Waals surface area contributed by atoms with E-state index >= 15 is 0 Å². The van der Waals surface area contributed by atoms with Gasteiger partial charge < -0.3 is 16.2 Å². The van der Waals surface area contributed by atoms with Gasteiger partial charge >= 0.3 is 6.18 Å². The van der Waals surface area contributed by atoms with Gasteiger partial charge in [-0.2, -0.15) is 18.3 Å². The molecular weight excluding hydrogens is 600 g/mol. The monoisotopic (exact) mass is 640 g/mol. The number of primary amides is 1. The van der Waals surface area contributed by atoms with Crippen LogP contribution in [0.4, 0.5) is 17.6 Å². The third-order valence-electron chi connectivity index (χ3n) is 8.53. The van der Waals surface area contributed by atoms with Gasteiger partial charge in [0.15, 0.2) is 5.60 Å². The van der Waals surface area contributed by atoms with Gasteiger partial charge in [0.1, 0.15) is 11.9 Å². The van der Waals surface area contributed by atoms with Gasteiger partial charge in [0.05, 0.1) is 17.4 Å². The van der Waals surface area contributed by atoms with Crippen molar-refractivity contribution in [3.8, 4) is 5.69 Å². The summed E-state index contributed by atoms with van der Waals surface area (Å²) in [6.45, 7) is 10.2. The van der Waals surface area contributed by atoms with Gasteiger partial charge in [-0.25, -0.2) is 9.07 Å². The lowest BCUT2D eigenvalue weighted by atomic mass is 9.72. The van der Waals surface area contributed by atoms with Crippen LogP contribution < -0.4 is 11.1 Å². The highest BCUT2D eigenvalue weighted by Crippen LogP contribution is 2.44. The average Bonchev–Trinajstić information content (AvgIpc) is 3.38. The van der Waals surface area contributed by atoms with Crippen molar-refractivity contribution in [3.63, 3.8) is 0 Å². The summed E-state index contributed by atoms with van der Waals surface area (Å²) in [5.41, 5.74) is 4.99. The molecule has 0 aliphatic heterocycles. The molecule has 4 aromatic rings. The van der Waals surface area contributed by atoms with Gasteiger partial charge in [-0.05, 0) is 103 Å². The molecule has 0 fully saturated rings. The molecule has 0 saturated carbocycles. The van der Waals surface area contributed by atoms with Crippen molar-refractivity contribution in [1.29, 1.82) is 0 Å². The van der Waals surface area contributed by atoms with Gasteiger partial charge in [-0.3, -0.25) is 9.59 Å². The number of halogens is 4. The van der Waals surface area contributed by atoms with E-state index in [1.54, 1.807) is 75.8 Å². The van der Waals surface area contributed by atoms with Crippen molar-refractivity contribution in [2.75, 3.05) is 0 Å². The van der Waals surface area contributed by atoms with E-state index in [2.05, 4.69) is 10.4 Å². The summed E-state index contributed by atoms with van der Waals surface area (Å²) in [6.07, 6.45) is -4.78. The van der Waals surface area contributed by atoms with E-state index in [-0.39, 0.29) is 17.9 Å². The predicted octanol–water partition coefficient (Wildman–Crippen LogP) is 6.62. The number of amides is 2. The lowest BCUT2D eigenvalue weighted by Crippen LogP contribution is -2.49. The molecule has 46 heavy (non-hydrogen) atoms. The number of hydrogen-bond donors (Lipinski definition) is 3. The number of fused-ring (bicyclic) bond motifs is 1. The fourth-order valence-electron chi connectivity index (χ4n) is 6.16. The molecule has 7 nitrogen and oxygen atoms in total. The summed E-state index contributed by atoms with van der Waals surface area (Å²) in [5, 5.41) is 18.9. The van der Waals surface area contributed by atoms with Gasteiger partial charge in [0.2, 0.25) is 5.91 Å². The molecule has 1 unspecified atom stereocenters. The number of nitrogens with zero attached hydrogens (tertiary/aromatic N) is 2. The zero-order valence-corrected chi connectivity index (χ0v) is 26.8. The van der Waals surface area contributed by atoms with Crippen molar-refractivity contribution >= 4 is 22.7 Å². The average molecular weight is 641 g/mol. The molecule has 0 aliphatic rings. The first-order valence-electron chi connectivity index (χ1n) is 15.1. The second-order valence-corrected chi connectivity index (χ2v) is 13.1. The molecule has 1 heterocycles. The molecule has 0 aliphatic carbocycles. The number of nitrogens with one attached hydrogen (secondary N) is 1. The maximum Gasteiger partial charge on any atom is 0.417 e. The van der Waals surface area contributed by atoms with Crippen molar-refractivity contribution in [2.45, 2.75) is 84.0 Å². The largest absolute Gasteiger partial charge is 0.417 e. The molecule has 2 amide bonds. The fraction of sp³-hybridized carbons (Fsp3) is 0.400. The molecule has 11 heteroatoms. The van der Waals surface area contributed by atoms with Crippen LogP contribution >= 0.6 is 0 Å². The first-order chi connectivity index (χ1) is 21.3. The Morgan fingerprint density at radius 3 is 2.37 bits per heavy atom. The number of benzene rings is 3. The zero-order chi connectivity index (χ0) is 34.2. The van der Waals surface area contributed by atoms with Crippen LogP contribution in [0.5, 0.6) is 0 Å². The number of alkyl halides is 3. The van der Waals surface area contributed by atoms with E-state index in [1.165, 1.54) is 18.2 Å². The Bertz CT molecular complexity index is 1760. The van der Waals surface area contributed by atoms with Crippen LogP contribution in [0.2, 0.25) is 0 Å². The number of hydrogen-bond acceptors (Lipinski definition) is 4. The Kier molecular flexibility index (Phi) is 9.68. The normalized spacial score (nSPS) is 14.3. The highest BCUT2D eigenvalue weighted by atomic mass is 19.4. The summed E-state index contributed by atoms with van der Waals surface area (Å²) in [4.78, 5) is 24.8. The Morgan fingerprint density at radius 2 is 1.74 bits per heavy atom. The van der Waals surface area contributed by atoms with Crippen LogP contribution in [-0.2, 0) is 16.6 Å². The lowest BCUT2D eigenvalue weighted by Gasteiger charge is -2.38. The Balaban J connectivity index is 1.65. The zero-order valence-electron chi connectivity index (χ0n) is 26.8. The minimum Gasteiger partial charge on any atom is -0.380 e. The molecule has 2 atom stereocenters. The van der Waals surface area contributed by atoms with E-state index < -0.39 is 53.7 Å². The molecule has 0 radical (unpaired) electrons. The van der Waals surface area contributed by atoms with Crippen molar-refractivity contribution < 1.29 is 32.3 Å². The number of nitrogens with two attached hydrogens (primary N) is 1.